The molecule has 0 fully saturated rings. The van der Waals surface area contributed by atoms with E-state index in [0.717, 1.165) is 23.6 Å². The molecule has 1 aromatic heterocycles. The van der Waals surface area contributed by atoms with Gasteiger partial charge in [-0.1, -0.05) is 48.0 Å². The van der Waals surface area contributed by atoms with Gasteiger partial charge < -0.3 is 9.72 Å². The molecular formula is C17H14ClNO. The molecule has 100 valence electrons. The lowest BCUT2D eigenvalue weighted by molar-refractivity contribution is 0.0677. The molecule has 0 saturated heterocycles. The first kappa shape index (κ1) is 12.0. The molecule has 2 heterocycles. The molecule has 2 nitrogen and oxygen atoms in total. The maximum atomic E-state index is 6.08. The minimum Gasteiger partial charge on any atom is -0.367 e. The maximum absolute atomic E-state index is 6.08. The molecule has 1 aliphatic rings. The average Bonchev–Trinajstić information content (AvgIpc) is 2.85. The molecule has 0 radical (unpaired) electrons. The number of fused-ring (bicyclic) bond motifs is 3. The second-order valence-electron chi connectivity index (χ2n) is 5.12. The van der Waals surface area contributed by atoms with E-state index in [1.807, 2.05) is 30.3 Å². The summed E-state index contributed by atoms with van der Waals surface area (Å²) in [5.41, 5.74) is 4.80. The Morgan fingerprint density at radius 2 is 1.95 bits per heavy atom. The van der Waals surface area contributed by atoms with Crippen LogP contribution in [0.1, 0.15) is 22.9 Å². The first-order valence-corrected chi connectivity index (χ1v) is 7.17. The Bertz CT molecular complexity index is 763. The van der Waals surface area contributed by atoms with E-state index in [1.165, 1.54) is 22.2 Å². The van der Waals surface area contributed by atoms with Gasteiger partial charge in [-0.05, 0) is 29.7 Å². The highest BCUT2D eigenvalue weighted by Gasteiger charge is 2.26. The van der Waals surface area contributed by atoms with Crippen LogP contribution in [0.15, 0.2) is 48.5 Å². The normalized spacial score (nSPS) is 18.1. The van der Waals surface area contributed by atoms with E-state index in [9.17, 15) is 0 Å². The van der Waals surface area contributed by atoms with Crippen molar-refractivity contribution in [1.29, 1.82) is 0 Å². The van der Waals surface area contributed by atoms with Gasteiger partial charge in [0.1, 0.15) is 6.10 Å². The summed E-state index contributed by atoms with van der Waals surface area (Å²) in [6.45, 7) is 0.752. The first-order valence-electron chi connectivity index (χ1n) is 6.79. The Morgan fingerprint density at radius 1 is 1.10 bits per heavy atom. The maximum Gasteiger partial charge on any atom is 0.123 e. The van der Waals surface area contributed by atoms with Crippen molar-refractivity contribution >= 4 is 22.5 Å². The smallest absolute Gasteiger partial charge is 0.123 e. The van der Waals surface area contributed by atoms with Gasteiger partial charge in [0.15, 0.2) is 0 Å². The number of nitrogens with one attached hydrogen (secondary N) is 1. The van der Waals surface area contributed by atoms with E-state index < -0.39 is 0 Å². The third kappa shape index (κ3) is 1.84. The van der Waals surface area contributed by atoms with Gasteiger partial charge in [0.2, 0.25) is 0 Å². The molecule has 1 N–H and O–H groups in total. The SMILES string of the molecule is Clc1ccc2c3c([nH]c2c1)[C@@H](c1ccccc1)OCC3. The summed E-state index contributed by atoms with van der Waals surface area (Å²) >= 11 is 6.08. The topological polar surface area (TPSA) is 25.0 Å². The largest absolute Gasteiger partial charge is 0.367 e. The standard InChI is InChI=1S/C17H14ClNO/c18-12-6-7-13-14-8-9-20-17(11-4-2-1-3-5-11)16(14)19-15(13)10-12/h1-7,10,17,19H,8-9H2/t17-/m1/s1. The number of hydrogen-bond donors (Lipinski definition) is 1. The van der Waals surface area contributed by atoms with Gasteiger partial charge in [0.25, 0.3) is 0 Å². The Morgan fingerprint density at radius 3 is 2.80 bits per heavy atom. The zero-order chi connectivity index (χ0) is 13.5. The fraction of sp³-hybridized carbons (Fsp3) is 0.176. The quantitative estimate of drug-likeness (QED) is 0.700. The number of benzene rings is 2. The molecule has 0 aliphatic carbocycles. The van der Waals surface area contributed by atoms with Crippen LogP contribution < -0.4 is 0 Å². The van der Waals surface area contributed by atoms with Crippen LogP contribution in [0.2, 0.25) is 5.02 Å². The van der Waals surface area contributed by atoms with E-state index in [4.69, 9.17) is 16.3 Å². The van der Waals surface area contributed by atoms with Crippen LogP contribution in [0.3, 0.4) is 0 Å². The Kier molecular flexibility index (Phi) is 2.79. The van der Waals surface area contributed by atoms with Gasteiger partial charge in [-0.15, -0.1) is 0 Å². The van der Waals surface area contributed by atoms with Crippen molar-refractivity contribution in [3.05, 3.63) is 70.4 Å². The second-order valence-corrected chi connectivity index (χ2v) is 5.56. The summed E-state index contributed by atoms with van der Waals surface area (Å²) in [4.78, 5) is 3.50. The van der Waals surface area contributed by atoms with Crippen molar-refractivity contribution in [2.24, 2.45) is 0 Å². The fourth-order valence-corrected chi connectivity index (χ4v) is 3.17. The highest BCUT2D eigenvalue weighted by atomic mass is 35.5. The number of rotatable bonds is 1. The number of hydrogen-bond acceptors (Lipinski definition) is 1. The van der Waals surface area contributed by atoms with Crippen molar-refractivity contribution in [2.45, 2.75) is 12.5 Å². The highest BCUT2D eigenvalue weighted by Crippen LogP contribution is 2.36. The number of H-pyrrole nitrogens is 1. The summed E-state index contributed by atoms with van der Waals surface area (Å²) in [5, 5.41) is 2.02. The van der Waals surface area contributed by atoms with Gasteiger partial charge in [-0.2, -0.15) is 0 Å². The van der Waals surface area contributed by atoms with Crippen molar-refractivity contribution < 1.29 is 4.74 Å². The van der Waals surface area contributed by atoms with Crippen molar-refractivity contribution in [2.75, 3.05) is 6.61 Å². The molecule has 0 saturated carbocycles. The highest BCUT2D eigenvalue weighted by molar-refractivity contribution is 6.31. The lowest BCUT2D eigenvalue weighted by atomic mass is 9.98. The molecule has 2 aromatic carbocycles. The molecule has 0 unspecified atom stereocenters. The van der Waals surface area contributed by atoms with E-state index in [1.54, 1.807) is 0 Å². The number of halogens is 1. The summed E-state index contributed by atoms with van der Waals surface area (Å²) < 4.78 is 5.99. The molecule has 3 aromatic rings. The minimum atomic E-state index is -0.00822. The third-order valence-electron chi connectivity index (χ3n) is 3.90. The van der Waals surface area contributed by atoms with E-state index >= 15 is 0 Å². The summed E-state index contributed by atoms with van der Waals surface area (Å²) in [5.74, 6) is 0. The second kappa shape index (κ2) is 4.65. The molecule has 4 rings (SSSR count). The summed E-state index contributed by atoms with van der Waals surface area (Å²) in [6.07, 6.45) is 0.937. The van der Waals surface area contributed by atoms with Gasteiger partial charge in [-0.25, -0.2) is 0 Å². The minimum absolute atomic E-state index is 0.00822. The third-order valence-corrected chi connectivity index (χ3v) is 4.14. The lowest BCUT2D eigenvalue weighted by Crippen LogP contribution is -2.16. The van der Waals surface area contributed by atoms with Crippen LogP contribution in [0, 0.1) is 0 Å². The summed E-state index contributed by atoms with van der Waals surface area (Å²) in [6, 6.07) is 16.4. The van der Waals surface area contributed by atoms with Crippen LogP contribution in [-0.4, -0.2) is 11.6 Å². The van der Waals surface area contributed by atoms with E-state index in [2.05, 4.69) is 23.2 Å². The number of aromatic amines is 1. The molecule has 3 heteroatoms. The molecule has 20 heavy (non-hydrogen) atoms. The molecular weight excluding hydrogens is 270 g/mol. The zero-order valence-corrected chi connectivity index (χ0v) is 11.7. The predicted octanol–water partition coefficient (Wildman–Crippen LogP) is 4.48. The van der Waals surface area contributed by atoms with Gasteiger partial charge >= 0.3 is 0 Å². The van der Waals surface area contributed by atoms with Crippen LogP contribution in [0.5, 0.6) is 0 Å². The van der Waals surface area contributed by atoms with Crippen LogP contribution >= 0.6 is 11.6 Å². The molecule has 0 amide bonds. The van der Waals surface area contributed by atoms with Gasteiger partial charge in [0.05, 0.1) is 12.3 Å². The van der Waals surface area contributed by atoms with Crippen molar-refractivity contribution in [3.63, 3.8) is 0 Å². The Balaban J connectivity index is 1.91. The average molecular weight is 284 g/mol. The summed E-state index contributed by atoms with van der Waals surface area (Å²) in [7, 11) is 0. The predicted molar refractivity (Wildman–Crippen MR) is 81.2 cm³/mol. The monoisotopic (exact) mass is 283 g/mol. The number of aromatic nitrogens is 1. The lowest BCUT2D eigenvalue weighted by Gasteiger charge is -2.23. The Hall–Kier alpha value is -1.77. The first-order chi connectivity index (χ1) is 9.83. The van der Waals surface area contributed by atoms with E-state index in [-0.39, 0.29) is 6.10 Å². The van der Waals surface area contributed by atoms with Gasteiger partial charge in [-0.3, -0.25) is 0 Å². The van der Waals surface area contributed by atoms with Crippen LogP contribution in [0.25, 0.3) is 10.9 Å². The van der Waals surface area contributed by atoms with Crippen LogP contribution in [-0.2, 0) is 11.2 Å². The zero-order valence-electron chi connectivity index (χ0n) is 10.9. The van der Waals surface area contributed by atoms with Crippen LogP contribution in [0.4, 0.5) is 0 Å². The van der Waals surface area contributed by atoms with Gasteiger partial charge in [0, 0.05) is 15.9 Å². The molecule has 1 atom stereocenters. The fourth-order valence-electron chi connectivity index (χ4n) is 2.99. The molecule has 0 bridgehead atoms. The van der Waals surface area contributed by atoms with Crippen molar-refractivity contribution in [3.8, 4) is 0 Å². The van der Waals surface area contributed by atoms with Crippen molar-refractivity contribution in [1.82, 2.24) is 4.98 Å². The Labute approximate surface area is 122 Å². The molecule has 1 aliphatic heterocycles. The van der Waals surface area contributed by atoms with E-state index in [0.29, 0.717) is 0 Å². The molecule has 0 spiro atoms. The number of ether oxygens (including phenoxy) is 1.